The van der Waals surface area contributed by atoms with Gasteiger partial charge in [-0.15, -0.1) is 0 Å². The Kier molecular flexibility index (Phi) is 4.71. The largest absolute Gasteiger partial charge is 0.462 e. The Balaban J connectivity index is 1.58. The molecular weight excluding hydrogens is 356 g/mol. The van der Waals surface area contributed by atoms with Crippen molar-refractivity contribution in [1.29, 1.82) is 0 Å². The zero-order valence-electron chi connectivity index (χ0n) is 17.5. The number of hydrogen-bond acceptors (Lipinski definition) is 5. The minimum atomic E-state index is -0.566. The highest BCUT2D eigenvalue weighted by Gasteiger charge is 2.62. The van der Waals surface area contributed by atoms with E-state index in [2.05, 4.69) is 19.9 Å². The summed E-state index contributed by atoms with van der Waals surface area (Å²) < 4.78 is 10.9. The Morgan fingerprint density at radius 3 is 2.36 bits per heavy atom. The minimum Gasteiger partial charge on any atom is -0.462 e. The van der Waals surface area contributed by atoms with Crippen molar-refractivity contribution in [1.82, 2.24) is 0 Å². The standard InChI is InChI=1S/C23H32O5/c1-13(24)27-16-7-9-22(3)15(11-16)5-6-17-18(22)8-10-23(4)19(17)12-20(21(23)26)28-14(2)25/h5,16-20H,6-12H2,1-4H3/t16-,17?,18?,19?,20-,22+,23+/m1/s1. The van der Waals surface area contributed by atoms with Crippen molar-refractivity contribution in [3.63, 3.8) is 0 Å². The molecule has 0 spiro atoms. The van der Waals surface area contributed by atoms with Crippen LogP contribution in [0.5, 0.6) is 0 Å². The van der Waals surface area contributed by atoms with Gasteiger partial charge in [-0.05, 0) is 61.7 Å². The zero-order valence-corrected chi connectivity index (χ0v) is 17.5. The molecule has 0 aliphatic heterocycles. The molecule has 3 fully saturated rings. The Hall–Kier alpha value is -1.65. The van der Waals surface area contributed by atoms with Crippen molar-refractivity contribution in [3.8, 4) is 0 Å². The first-order valence-electron chi connectivity index (χ1n) is 10.7. The lowest BCUT2D eigenvalue weighted by Gasteiger charge is -2.56. The number of Topliss-reactive ketones (excluding diaryl/α,β-unsaturated/α-hetero) is 1. The number of hydrogen-bond donors (Lipinski definition) is 0. The second kappa shape index (κ2) is 6.70. The van der Waals surface area contributed by atoms with E-state index in [0.717, 1.165) is 38.5 Å². The first-order valence-corrected chi connectivity index (χ1v) is 10.7. The van der Waals surface area contributed by atoms with Gasteiger partial charge >= 0.3 is 11.9 Å². The molecule has 3 saturated carbocycles. The van der Waals surface area contributed by atoms with E-state index in [4.69, 9.17) is 9.47 Å². The first kappa shape index (κ1) is 19.7. The fourth-order valence-corrected chi connectivity index (χ4v) is 7.03. The molecule has 0 bridgehead atoms. The fourth-order valence-electron chi connectivity index (χ4n) is 7.03. The quantitative estimate of drug-likeness (QED) is 0.528. The van der Waals surface area contributed by atoms with E-state index in [1.54, 1.807) is 0 Å². The fraction of sp³-hybridized carbons (Fsp3) is 0.783. The van der Waals surface area contributed by atoms with Crippen LogP contribution in [0.25, 0.3) is 0 Å². The molecule has 0 N–H and O–H groups in total. The Bertz CT molecular complexity index is 739. The lowest BCUT2D eigenvalue weighted by molar-refractivity contribution is -0.153. The van der Waals surface area contributed by atoms with Crippen LogP contribution in [0.1, 0.15) is 72.6 Å². The van der Waals surface area contributed by atoms with Crippen LogP contribution < -0.4 is 0 Å². The van der Waals surface area contributed by atoms with Crippen LogP contribution >= 0.6 is 0 Å². The van der Waals surface area contributed by atoms with Crippen molar-refractivity contribution < 1.29 is 23.9 Å². The molecule has 4 aliphatic rings. The summed E-state index contributed by atoms with van der Waals surface area (Å²) >= 11 is 0. The second-order valence-electron chi connectivity index (χ2n) is 9.89. The Morgan fingerprint density at radius 1 is 1.00 bits per heavy atom. The van der Waals surface area contributed by atoms with Crippen LogP contribution in [-0.4, -0.2) is 29.9 Å². The van der Waals surface area contributed by atoms with E-state index >= 15 is 0 Å². The van der Waals surface area contributed by atoms with Crippen LogP contribution in [0, 0.1) is 28.6 Å². The summed E-state index contributed by atoms with van der Waals surface area (Å²) in [6.45, 7) is 7.35. The molecule has 5 heteroatoms. The number of carbonyl (C=O) groups excluding carboxylic acids is 3. The third-order valence-electron chi connectivity index (χ3n) is 8.41. The molecule has 0 aromatic heterocycles. The van der Waals surface area contributed by atoms with Gasteiger partial charge in [0.2, 0.25) is 0 Å². The molecule has 4 rings (SSSR count). The second-order valence-corrected chi connectivity index (χ2v) is 9.89. The number of fused-ring (bicyclic) bond motifs is 5. The molecule has 5 nitrogen and oxygen atoms in total. The third-order valence-corrected chi connectivity index (χ3v) is 8.41. The maximum absolute atomic E-state index is 13.0. The number of allylic oxidation sites excluding steroid dienone is 1. The van der Waals surface area contributed by atoms with Gasteiger partial charge in [0, 0.05) is 25.7 Å². The van der Waals surface area contributed by atoms with Crippen LogP contribution in [0.3, 0.4) is 0 Å². The van der Waals surface area contributed by atoms with E-state index < -0.39 is 6.10 Å². The molecule has 0 heterocycles. The van der Waals surface area contributed by atoms with Crippen molar-refractivity contribution in [2.75, 3.05) is 0 Å². The lowest BCUT2D eigenvalue weighted by Crippen LogP contribution is -2.50. The van der Waals surface area contributed by atoms with Gasteiger partial charge < -0.3 is 9.47 Å². The Morgan fingerprint density at radius 2 is 1.68 bits per heavy atom. The average Bonchev–Trinajstić information content (AvgIpc) is 2.86. The summed E-state index contributed by atoms with van der Waals surface area (Å²) in [7, 11) is 0. The maximum Gasteiger partial charge on any atom is 0.303 e. The SMILES string of the molecule is CC(=O)O[C@@H]1CC[C@@]2(C)C(=CCC3C2CC[C@]2(C)C(=O)[C@H](OC(C)=O)CC32)C1. The van der Waals surface area contributed by atoms with Gasteiger partial charge in [-0.3, -0.25) is 14.4 Å². The molecule has 28 heavy (non-hydrogen) atoms. The van der Waals surface area contributed by atoms with Crippen molar-refractivity contribution in [3.05, 3.63) is 11.6 Å². The van der Waals surface area contributed by atoms with E-state index in [1.807, 2.05) is 0 Å². The maximum atomic E-state index is 13.0. The summed E-state index contributed by atoms with van der Waals surface area (Å²) in [5.41, 5.74) is 1.21. The number of rotatable bonds is 2. The lowest BCUT2D eigenvalue weighted by atomic mass is 9.48. The molecule has 7 atom stereocenters. The highest BCUT2D eigenvalue weighted by Crippen LogP contribution is 2.64. The van der Waals surface area contributed by atoms with Gasteiger partial charge in [0.15, 0.2) is 11.9 Å². The number of ether oxygens (including phenoxy) is 2. The molecule has 0 aromatic carbocycles. The van der Waals surface area contributed by atoms with Crippen LogP contribution in [0.4, 0.5) is 0 Å². The summed E-state index contributed by atoms with van der Waals surface area (Å²) in [5.74, 6) is 0.861. The Labute approximate surface area is 167 Å². The number of ketones is 1. The summed E-state index contributed by atoms with van der Waals surface area (Å²) in [5, 5.41) is 0. The first-order chi connectivity index (χ1) is 13.1. The van der Waals surface area contributed by atoms with E-state index in [1.165, 1.54) is 19.4 Å². The van der Waals surface area contributed by atoms with Crippen molar-refractivity contribution >= 4 is 17.7 Å². The van der Waals surface area contributed by atoms with Gasteiger partial charge in [0.1, 0.15) is 6.10 Å². The van der Waals surface area contributed by atoms with Crippen molar-refractivity contribution in [2.24, 2.45) is 28.6 Å². The van der Waals surface area contributed by atoms with Crippen LogP contribution in [0.15, 0.2) is 11.6 Å². The topological polar surface area (TPSA) is 69.7 Å². The summed E-state index contributed by atoms with van der Waals surface area (Å²) in [6, 6.07) is 0. The molecule has 154 valence electrons. The molecule has 0 amide bonds. The molecule has 3 unspecified atom stereocenters. The van der Waals surface area contributed by atoms with Crippen LogP contribution in [-0.2, 0) is 23.9 Å². The molecule has 0 saturated heterocycles. The molecule has 4 aliphatic carbocycles. The normalized spacial score (nSPS) is 44.6. The van der Waals surface area contributed by atoms with Gasteiger partial charge in [-0.2, -0.15) is 0 Å². The molecule has 0 radical (unpaired) electrons. The molecule has 0 aromatic rings. The van der Waals surface area contributed by atoms with E-state index in [0.29, 0.717) is 18.3 Å². The van der Waals surface area contributed by atoms with Gasteiger partial charge in [0.05, 0.1) is 0 Å². The molecular formula is C23H32O5. The van der Waals surface area contributed by atoms with E-state index in [9.17, 15) is 14.4 Å². The summed E-state index contributed by atoms with van der Waals surface area (Å²) in [4.78, 5) is 35.9. The monoisotopic (exact) mass is 388 g/mol. The number of esters is 2. The van der Waals surface area contributed by atoms with E-state index in [-0.39, 0.29) is 40.6 Å². The predicted octanol–water partition coefficient (Wildman–Crippen LogP) is 3.99. The van der Waals surface area contributed by atoms with Gasteiger partial charge in [-0.25, -0.2) is 0 Å². The predicted molar refractivity (Wildman–Crippen MR) is 103 cm³/mol. The van der Waals surface area contributed by atoms with Gasteiger partial charge in [0.25, 0.3) is 0 Å². The van der Waals surface area contributed by atoms with Crippen molar-refractivity contribution in [2.45, 2.75) is 84.8 Å². The average molecular weight is 389 g/mol. The van der Waals surface area contributed by atoms with Crippen LogP contribution in [0.2, 0.25) is 0 Å². The number of carbonyl (C=O) groups is 3. The third kappa shape index (κ3) is 2.93. The highest BCUT2D eigenvalue weighted by atomic mass is 16.5. The van der Waals surface area contributed by atoms with Gasteiger partial charge in [-0.1, -0.05) is 25.5 Å². The summed E-state index contributed by atoms with van der Waals surface area (Å²) in [6.07, 6.45) is 8.16. The smallest absolute Gasteiger partial charge is 0.303 e. The zero-order chi connectivity index (χ0) is 20.3. The minimum absolute atomic E-state index is 0.00337. The highest BCUT2D eigenvalue weighted by molar-refractivity contribution is 5.92.